The average molecular weight is 309 g/mol. The predicted octanol–water partition coefficient (Wildman–Crippen LogP) is 4.92. The van der Waals surface area contributed by atoms with Gasteiger partial charge in [0.25, 0.3) is 0 Å². The molecule has 0 atom stereocenters. The molecule has 2 rings (SSSR count). The van der Waals surface area contributed by atoms with Crippen molar-refractivity contribution in [3.63, 3.8) is 0 Å². The normalized spacial score (nSPS) is 12.9. The molecule has 0 bridgehead atoms. The second-order valence-corrected chi connectivity index (χ2v) is 9.57. The molecule has 0 N–H and O–H groups in total. The Morgan fingerprint density at radius 2 is 1.10 bits per heavy atom. The molecule has 2 heterocycles. The van der Waals surface area contributed by atoms with Gasteiger partial charge in [0.2, 0.25) is 0 Å². The third-order valence-corrected chi connectivity index (χ3v) is 7.66. The Hall–Kier alpha value is -0.740. The van der Waals surface area contributed by atoms with Gasteiger partial charge in [-0.25, -0.2) is 0 Å². The van der Waals surface area contributed by atoms with E-state index in [-0.39, 0.29) is 9.49 Å². The Bertz CT molecular complexity index is 527. The molecule has 0 fully saturated rings. The number of hydrogen-bond donors (Lipinski definition) is 0. The summed E-state index contributed by atoms with van der Waals surface area (Å²) in [6.07, 6.45) is 4.23. The summed E-state index contributed by atoms with van der Waals surface area (Å²) >= 11 is 0. The number of nitrogens with zero attached hydrogens (tertiary/aromatic N) is 2. The molecule has 0 spiro atoms. The van der Waals surface area contributed by atoms with Crippen LogP contribution in [0, 0.1) is 0 Å². The molecule has 20 heavy (non-hydrogen) atoms. The first-order valence-electron chi connectivity index (χ1n) is 6.84. The molecule has 0 aliphatic carbocycles. The molecule has 0 saturated heterocycles. The maximum atomic E-state index is 2.29. The molecule has 4 heteroatoms. The first kappa shape index (κ1) is 15.6. The maximum absolute atomic E-state index is 2.29. The van der Waals surface area contributed by atoms with E-state index in [0.717, 1.165) is 0 Å². The predicted molar refractivity (Wildman–Crippen MR) is 92.1 cm³/mol. The molecule has 0 radical (unpaired) electrons. The lowest BCUT2D eigenvalue weighted by Gasteiger charge is -2.31. The van der Waals surface area contributed by atoms with Crippen LogP contribution in [-0.2, 0) is 23.6 Å². The number of rotatable bonds is 5. The smallest absolute Gasteiger partial charge is 0.0607 e. The van der Waals surface area contributed by atoms with Crippen LogP contribution in [-0.4, -0.2) is 9.13 Å². The molecule has 0 aliphatic heterocycles. The Morgan fingerprint density at radius 3 is 1.35 bits per heavy atom. The van der Waals surface area contributed by atoms with Crippen molar-refractivity contribution in [2.24, 2.45) is 14.1 Å². The van der Waals surface area contributed by atoms with Crippen LogP contribution in [0.15, 0.2) is 36.7 Å². The van der Waals surface area contributed by atoms with Gasteiger partial charge in [0.05, 0.1) is 9.49 Å². The van der Waals surface area contributed by atoms with Crippen molar-refractivity contribution < 1.29 is 0 Å². The fraction of sp³-hybridized carbons (Fsp3) is 0.500. The minimum atomic E-state index is 0.0886. The Labute approximate surface area is 130 Å². The van der Waals surface area contributed by atoms with Crippen LogP contribution in [0.25, 0.3) is 0 Å². The van der Waals surface area contributed by atoms with Gasteiger partial charge in [-0.05, 0) is 52.0 Å². The SMILES string of the molecule is Cn1cccc1C(C)(C)SSC(C)(C)c1cccn1C. The molecular formula is C16H24N2S2. The van der Waals surface area contributed by atoms with Gasteiger partial charge in [-0.1, -0.05) is 21.6 Å². The summed E-state index contributed by atoms with van der Waals surface area (Å²) in [6, 6.07) is 8.65. The molecular weight excluding hydrogens is 284 g/mol. The van der Waals surface area contributed by atoms with Gasteiger partial charge in [0.1, 0.15) is 0 Å². The summed E-state index contributed by atoms with van der Waals surface area (Å²) < 4.78 is 4.60. The molecule has 110 valence electrons. The van der Waals surface area contributed by atoms with Crippen molar-refractivity contribution in [2.45, 2.75) is 37.2 Å². The summed E-state index contributed by atoms with van der Waals surface area (Å²) in [6.45, 7) is 9.17. The molecule has 0 saturated carbocycles. The third kappa shape index (κ3) is 3.12. The summed E-state index contributed by atoms with van der Waals surface area (Å²) in [4.78, 5) is 0. The summed E-state index contributed by atoms with van der Waals surface area (Å²) in [5, 5.41) is 0. The highest BCUT2D eigenvalue weighted by Gasteiger charge is 2.31. The lowest BCUT2D eigenvalue weighted by molar-refractivity contribution is 0.685. The first-order chi connectivity index (χ1) is 9.24. The summed E-state index contributed by atoms with van der Waals surface area (Å²) in [5.41, 5.74) is 2.72. The van der Waals surface area contributed by atoms with Crippen LogP contribution in [0.5, 0.6) is 0 Å². The van der Waals surface area contributed by atoms with E-state index in [2.05, 4.69) is 87.6 Å². The molecule has 2 aromatic rings. The summed E-state index contributed by atoms with van der Waals surface area (Å²) in [7, 11) is 8.13. The second kappa shape index (κ2) is 5.57. The standard InChI is InChI=1S/C16H24N2S2/c1-15(2,13-9-7-11-17(13)5)19-20-16(3,4)14-10-8-12-18(14)6/h7-12H,1-6H3. The van der Waals surface area contributed by atoms with Crippen molar-refractivity contribution in [2.75, 3.05) is 0 Å². The van der Waals surface area contributed by atoms with Gasteiger partial charge in [-0.2, -0.15) is 0 Å². The van der Waals surface area contributed by atoms with Crippen LogP contribution in [0.1, 0.15) is 39.1 Å². The Kier molecular flexibility index (Phi) is 4.35. The van der Waals surface area contributed by atoms with E-state index < -0.39 is 0 Å². The van der Waals surface area contributed by atoms with Crippen LogP contribution in [0.3, 0.4) is 0 Å². The monoisotopic (exact) mass is 308 g/mol. The molecule has 2 nitrogen and oxygen atoms in total. The number of hydrogen-bond acceptors (Lipinski definition) is 2. The van der Waals surface area contributed by atoms with Crippen molar-refractivity contribution in [3.8, 4) is 0 Å². The summed E-state index contributed by atoms with van der Waals surface area (Å²) in [5.74, 6) is 0. The largest absolute Gasteiger partial charge is 0.353 e. The zero-order chi connectivity index (χ0) is 15.0. The first-order valence-corrected chi connectivity index (χ1v) is 8.99. The molecule has 0 amide bonds. The van der Waals surface area contributed by atoms with E-state index in [1.807, 2.05) is 21.6 Å². The maximum Gasteiger partial charge on any atom is 0.0607 e. The van der Waals surface area contributed by atoms with E-state index in [9.17, 15) is 0 Å². The van der Waals surface area contributed by atoms with Gasteiger partial charge in [0, 0.05) is 37.9 Å². The van der Waals surface area contributed by atoms with E-state index in [0.29, 0.717) is 0 Å². The van der Waals surface area contributed by atoms with E-state index in [1.54, 1.807) is 0 Å². The van der Waals surface area contributed by atoms with Gasteiger partial charge in [-0.3, -0.25) is 0 Å². The highest BCUT2D eigenvalue weighted by atomic mass is 33.1. The van der Waals surface area contributed by atoms with Gasteiger partial charge in [-0.15, -0.1) is 0 Å². The Balaban J connectivity index is 2.12. The third-order valence-electron chi connectivity index (χ3n) is 3.58. The molecule has 0 aromatic carbocycles. The van der Waals surface area contributed by atoms with E-state index in [1.165, 1.54) is 11.4 Å². The van der Waals surface area contributed by atoms with Crippen LogP contribution < -0.4 is 0 Å². The lowest BCUT2D eigenvalue weighted by Crippen LogP contribution is -2.19. The topological polar surface area (TPSA) is 9.86 Å². The van der Waals surface area contributed by atoms with Crippen LogP contribution in [0.4, 0.5) is 0 Å². The second-order valence-electron chi connectivity index (χ2n) is 6.20. The van der Waals surface area contributed by atoms with Crippen molar-refractivity contribution in [1.29, 1.82) is 0 Å². The van der Waals surface area contributed by atoms with E-state index >= 15 is 0 Å². The average Bonchev–Trinajstić information content (AvgIpc) is 2.96. The zero-order valence-electron chi connectivity index (χ0n) is 13.2. The van der Waals surface area contributed by atoms with Gasteiger partial charge >= 0.3 is 0 Å². The lowest BCUT2D eigenvalue weighted by atomic mass is 10.1. The fourth-order valence-corrected chi connectivity index (χ4v) is 5.24. The van der Waals surface area contributed by atoms with Gasteiger partial charge in [0.15, 0.2) is 0 Å². The quantitative estimate of drug-likeness (QED) is 0.726. The van der Waals surface area contributed by atoms with Crippen molar-refractivity contribution >= 4 is 21.6 Å². The highest BCUT2D eigenvalue weighted by Crippen LogP contribution is 2.52. The van der Waals surface area contributed by atoms with E-state index in [4.69, 9.17) is 0 Å². The van der Waals surface area contributed by atoms with Crippen LogP contribution >= 0.6 is 21.6 Å². The minimum absolute atomic E-state index is 0.0886. The zero-order valence-corrected chi connectivity index (χ0v) is 14.8. The molecule has 0 aliphatic rings. The Morgan fingerprint density at radius 1 is 0.750 bits per heavy atom. The highest BCUT2D eigenvalue weighted by molar-refractivity contribution is 8.77. The van der Waals surface area contributed by atoms with Crippen molar-refractivity contribution in [3.05, 3.63) is 48.0 Å². The van der Waals surface area contributed by atoms with Crippen molar-refractivity contribution in [1.82, 2.24) is 9.13 Å². The molecule has 2 aromatic heterocycles. The van der Waals surface area contributed by atoms with Crippen LogP contribution in [0.2, 0.25) is 0 Å². The molecule has 0 unspecified atom stereocenters. The minimum Gasteiger partial charge on any atom is -0.353 e. The fourth-order valence-electron chi connectivity index (χ4n) is 2.47. The number of aromatic nitrogens is 2. The number of aryl methyl sites for hydroxylation is 2. The van der Waals surface area contributed by atoms with Gasteiger partial charge < -0.3 is 9.13 Å².